The van der Waals surface area contributed by atoms with Gasteiger partial charge in [0, 0.05) is 36.2 Å². The van der Waals surface area contributed by atoms with Crippen LogP contribution in [0.2, 0.25) is 0 Å². The second-order valence-corrected chi connectivity index (χ2v) is 14.1. The Morgan fingerprint density at radius 2 is 1.13 bits per heavy atom. The number of aromatic amines is 1. The fourth-order valence-electron chi connectivity index (χ4n) is 4.87. The summed E-state index contributed by atoms with van der Waals surface area (Å²) in [4.78, 5) is 109. The minimum absolute atomic E-state index is 0.0298. The Kier molecular flexibility index (Phi) is 21.2. The summed E-state index contributed by atoms with van der Waals surface area (Å²) in [5.41, 5.74) is 6.08. The fraction of sp³-hybridized carbons (Fsp3) is 0.656. The van der Waals surface area contributed by atoms with Gasteiger partial charge in [0.05, 0.1) is 19.0 Å². The predicted molar refractivity (Wildman–Crippen MR) is 200 cm³/mol. The van der Waals surface area contributed by atoms with E-state index in [0.29, 0.717) is 5.69 Å². The predicted octanol–water partition coefficient (Wildman–Crippen LogP) is -2.92. The summed E-state index contributed by atoms with van der Waals surface area (Å²) in [6.45, 7) is 6.30. The minimum Gasteiger partial charge on any atom is -0.481 e. The minimum atomic E-state index is -1.56. The number of carboxylic acids is 2. The van der Waals surface area contributed by atoms with Gasteiger partial charge in [-0.05, 0) is 31.1 Å². The number of H-pyrrole nitrogens is 1. The molecule has 0 saturated heterocycles. The van der Waals surface area contributed by atoms with Gasteiger partial charge >= 0.3 is 11.9 Å². The van der Waals surface area contributed by atoms with E-state index in [1.54, 1.807) is 27.7 Å². The van der Waals surface area contributed by atoms with Crippen LogP contribution in [0.4, 0.5) is 0 Å². The number of nitrogens with one attached hydrogen (secondary N) is 7. The van der Waals surface area contributed by atoms with E-state index < -0.39 is 109 Å². The van der Waals surface area contributed by atoms with Gasteiger partial charge in [-0.2, -0.15) is 25.3 Å². The Morgan fingerprint density at radius 3 is 1.56 bits per heavy atom. The molecule has 12 N–H and O–H groups in total. The molecule has 1 aromatic heterocycles. The Labute approximate surface area is 323 Å². The van der Waals surface area contributed by atoms with E-state index in [0.717, 1.165) is 0 Å². The number of hydrogen-bond donors (Lipinski definition) is 13. The molecule has 0 saturated carbocycles. The van der Waals surface area contributed by atoms with Gasteiger partial charge in [0.25, 0.3) is 0 Å². The van der Waals surface area contributed by atoms with Gasteiger partial charge in [-0.3, -0.25) is 33.6 Å². The van der Waals surface area contributed by atoms with Crippen molar-refractivity contribution in [1.82, 2.24) is 41.9 Å². The van der Waals surface area contributed by atoms with Crippen LogP contribution in [0.1, 0.15) is 59.1 Å². The van der Waals surface area contributed by atoms with Crippen molar-refractivity contribution in [2.45, 2.75) is 102 Å². The van der Waals surface area contributed by atoms with Crippen molar-refractivity contribution in [2.75, 3.05) is 18.1 Å². The molecule has 54 heavy (non-hydrogen) atoms. The number of aromatic nitrogens is 2. The summed E-state index contributed by atoms with van der Waals surface area (Å²) in [5, 5.41) is 42.8. The second kappa shape index (κ2) is 24.1. The normalized spacial score (nSPS) is 15.1. The molecule has 6 amide bonds. The van der Waals surface area contributed by atoms with E-state index in [9.17, 15) is 48.6 Å². The van der Waals surface area contributed by atoms with Crippen molar-refractivity contribution in [1.29, 1.82) is 0 Å². The third kappa shape index (κ3) is 17.2. The number of aliphatic hydroxyl groups excluding tert-OH is 1. The SMILES string of the molecule is CC(C)C[C@H](NC(=O)[C@H](Cc1cnc[nH]1)NC(=O)[C@H](CC(C)C)NC(=O)[C@H](CO)NC(=O)[C@@H](N)CS)C(=O)N[C@@H](CS)C(=O)N[C@@H](CCC(=O)O)C(=O)O. The Hall–Kier alpha value is -4.41. The Balaban J connectivity index is 3.27. The van der Waals surface area contributed by atoms with E-state index >= 15 is 0 Å². The number of carbonyl (C=O) groups excluding carboxylic acids is 6. The van der Waals surface area contributed by atoms with E-state index in [1.165, 1.54) is 12.5 Å². The molecule has 0 aliphatic carbocycles. The molecule has 22 heteroatoms. The van der Waals surface area contributed by atoms with Crippen LogP contribution in [0.5, 0.6) is 0 Å². The number of aliphatic hydroxyl groups is 1. The number of carboxylic acid groups (broad SMARTS) is 2. The van der Waals surface area contributed by atoms with E-state index in [-0.39, 0.29) is 42.6 Å². The molecule has 0 aromatic carbocycles. The summed E-state index contributed by atoms with van der Waals surface area (Å²) in [6, 6.07) is -9.29. The lowest BCUT2D eigenvalue weighted by molar-refractivity contribution is -0.143. The van der Waals surface area contributed by atoms with Crippen LogP contribution in [0.3, 0.4) is 0 Å². The van der Waals surface area contributed by atoms with Crippen LogP contribution < -0.4 is 37.6 Å². The van der Waals surface area contributed by atoms with Crippen molar-refractivity contribution >= 4 is 72.6 Å². The molecule has 0 spiro atoms. The van der Waals surface area contributed by atoms with Crippen molar-refractivity contribution < 1.29 is 53.7 Å². The molecule has 1 aromatic rings. The molecular weight excluding hydrogens is 751 g/mol. The van der Waals surface area contributed by atoms with Gasteiger partial charge in [-0.1, -0.05) is 27.7 Å². The van der Waals surface area contributed by atoms with E-state index in [4.69, 9.17) is 10.8 Å². The smallest absolute Gasteiger partial charge is 0.326 e. The summed E-state index contributed by atoms with van der Waals surface area (Å²) in [6.07, 6.45) is 1.83. The van der Waals surface area contributed by atoms with Crippen molar-refractivity contribution in [3.8, 4) is 0 Å². The summed E-state index contributed by atoms with van der Waals surface area (Å²) in [7, 11) is 0. The lowest BCUT2D eigenvalue weighted by atomic mass is 10.0. The molecule has 0 aliphatic rings. The lowest BCUT2D eigenvalue weighted by Gasteiger charge is -2.28. The summed E-state index contributed by atoms with van der Waals surface area (Å²) < 4.78 is 0. The zero-order chi connectivity index (χ0) is 41.1. The zero-order valence-electron chi connectivity index (χ0n) is 30.5. The van der Waals surface area contributed by atoms with Gasteiger partial charge in [-0.15, -0.1) is 0 Å². The van der Waals surface area contributed by atoms with Crippen LogP contribution in [0.15, 0.2) is 12.5 Å². The Bertz CT molecular complexity index is 1430. The summed E-state index contributed by atoms with van der Waals surface area (Å²) in [5.74, 6) is -8.40. The number of aliphatic carboxylic acids is 2. The number of imidazole rings is 1. The number of rotatable bonds is 25. The van der Waals surface area contributed by atoms with Gasteiger partial charge < -0.3 is 57.9 Å². The third-order valence-electron chi connectivity index (χ3n) is 7.72. The maximum absolute atomic E-state index is 13.8. The number of nitrogens with two attached hydrogens (primary N) is 1. The van der Waals surface area contributed by atoms with Crippen LogP contribution in [-0.2, 0) is 44.8 Å². The van der Waals surface area contributed by atoms with Crippen LogP contribution in [-0.4, -0.2) is 133 Å². The monoisotopic (exact) mass is 803 g/mol. The zero-order valence-corrected chi connectivity index (χ0v) is 32.3. The highest BCUT2D eigenvalue weighted by Crippen LogP contribution is 2.10. The molecule has 0 aliphatic heterocycles. The van der Waals surface area contributed by atoms with Crippen molar-refractivity contribution in [3.05, 3.63) is 18.2 Å². The first-order chi connectivity index (χ1) is 25.3. The first-order valence-electron chi connectivity index (χ1n) is 17.1. The number of hydrogen-bond acceptors (Lipinski definition) is 13. The number of amides is 6. The van der Waals surface area contributed by atoms with Gasteiger partial charge in [0.2, 0.25) is 35.4 Å². The molecule has 0 unspecified atom stereocenters. The molecule has 0 fully saturated rings. The van der Waals surface area contributed by atoms with Gasteiger partial charge in [-0.25, -0.2) is 9.78 Å². The standard InChI is InChI=1S/C32H53N9O11S2/c1-15(2)7-20(38-30(49)23(11-42)40-26(45)18(33)12-53)27(46)39-22(9-17-10-34-14-35-17)29(48)37-21(8-16(3)4)28(47)41-24(13-54)31(50)36-19(32(51)52)5-6-25(43)44/h10,14-16,18-24,42,53-54H,5-9,11-13,33H2,1-4H3,(H,34,35)(H,36,50)(H,37,48)(H,38,49)(H,39,46)(H,40,45)(H,41,47)(H,43,44)(H,51,52)/t18-,19-,20-,21-,22-,23-,24-/m0/s1. The number of nitrogens with zero attached hydrogens (tertiary/aromatic N) is 1. The van der Waals surface area contributed by atoms with E-state index in [2.05, 4.69) is 67.1 Å². The molecule has 304 valence electrons. The molecule has 20 nitrogen and oxygen atoms in total. The highest BCUT2D eigenvalue weighted by atomic mass is 32.1. The fourth-order valence-corrected chi connectivity index (χ4v) is 5.29. The van der Waals surface area contributed by atoms with Gasteiger partial charge in [0.1, 0.15) is 36.3 Å². The van der Waals surface area contributed by atoms with Gasteiger partial charge in [0.15, 0.2) is 0 Å². The molecular formula is C32H53N9O11S2. The summed E-state index contributed by atoms with van der Waals surface area (Å²) >= 11 is 8.04. The van der Waals surface area contributed by atoms with Crippen molar-refractivity contribution in [2.24, 2.45) is 17.6 Å². The average molecular weight is 804 g/mol. The first kappa shape index (κ1) is 47.6. The number of thiol groups is 2. The van der Waals surface area contributed by atoms with Crippen molar-refractivity contribution in [3.63, 3.8) is 0 Å². The molecule has 1 heterocycles. The Morgan fingerprint density at radius 1 is 0.685 bits per heavy atom. The van der Waals surface area contributed by atoms with Crippen LogP contribution in [0, 0.1) is 11.8 Å². The van der Waals surface area contributed by atoms with E-state index in [1.807, 2.05) is 0 Å². The average Bonchev–Trinajstić information content (AvgIpc) is 3.62. The third-order valence-corrected chi connectivity index (χ3v) is 8.48. The van der Waals surface area contributed by atoms with Crippen LogP contribution >= 0.6 is 25.3 Å². The quantitative estimate of drug-likeness (QED) is 0.0442. The van der Waals surface area contributed by atoms with Crippen LogP contribution in [0.25, 0.3) is 0 Å². The molecule has 1 rings (SSSR count). The molecule has 0 radical (unpaired) electrons. The first-order valence-corrected chi connectivity index (χ1v) is 18.4. The lowest BCUT2D eigenvalue weighted by Crippen LogP contribution is -2.61. The maximum atomic E-state index is 13.8. The topological polar surface area (TPSA) is 324 Å². The maximum Gasteiger partial charge on any atom is 0.326 e. The highest BCUT2D eigenvalue weighted by molar-refractivity contribution is 7.80. The molecule has 0 bridgehead atoms. The number of carbonyl (C=O) groups is 8. The molecule has 7 atom stereocenters. The second-order valence-electron chi connectivity index (χ2n) is 13.3. The largest absolute Gasteiger partial charge is 0.481 e. The highest BCUT2D eigenvalue weighted by Gasteiger charge is 2.34.